The van der Waals surface area contributed by atoms with Gasteiger partial charge in [-0.2, -0.15) is 0 Å². The van der Waals surface area contributed by atoms with E-state index in [1.54, 1.807) is 0 Å². The molecule has 2 N–H and O–H groups in total. The van der Waals surface area contributed by atoms with E-state index in [0.29, 0.717) is 11.6 Å². The molecule has 19 heavy (non-hydrogen) atoms. The van der Waals surface area contributed by atoms with Gasteiger partial charge in [-0.25, -0.2) is 14.8 Å². The lowest BCUT2D eigenvalue weighted by molar-refractivity contribution is 0.0690. The second-order valence-electron chi connectivity index (χ2n) is 4.06. The third kappa shape index (κ3) is 3.28. The first kappa shape index (κ1) is 13.0. The molecule has 0 unspecified atom stereocenters. The first-order valence-electron chi connectivity index (χ1n) is 6.12. The van der Waals surface area contributed by atoms with Crippen molar-refractivity contribution in [3.05, 3.63) is 42.1 Å². The Labute approximate surface area is 111 Å². The smallest absolute Gasteiger partial charge is 0.354 e. The summed E-state index contributed by atoms with van der Waals surface area (Å²) in [6.45, 7) is 2.77. The Morgan fingerprint density at radius 1 is 1.26 bits per heavy atom. The lowest BCUT2D eigenvalue weighted by Crippen LogP contribution is -2.08. The highest BCUT2D eigenvalue weighted by molar-refractivity contribution is 5.86. The summed E-state index contributed by atoms with van der Waals surface area (Å²) in [6.07, 6.45) is 0.938. The number of rotatable bonds is 5. The number of carboxylic acids is 1. The number of anilines is 1. The molecular formula is C14H15N3O2. The van der Waals surface area contributed by atoms with E-state index in [2.05, 4.69) is 15.3 Å². The number of aromatic nitrogens is 2. The van der Waals surface area contributed by atoms with Gasteiger partial charge in [-0.3, -0.25) is 0 Å². The summed E-state index contributed by atoms with van der Waals surface area (Å²) >= 11 is 0. The maximum Gasteiger partial charge on any atom is 0.354 e. The van der Waals surface area contributed by atoms with Gasteiger partial charge >= 0.3 is 5.97 Å². The number of carboxylic acid groups (broad SMARTS) is 1. The maximum absolute atomic E-state index is 11.1. The molecule has 5 nitrogen and oxygen atoms in total. The number of nitrogens with zero attached hydrogens (tertiary/aromatic N) is 2. The molecule has 1 aromatic heterocycles. The van der Waals surface area contributed by atoms with Crippen molar-refractivity contribution in [2.75, 3.05) is 11.9 Å². The molecule has 0 atom stereocenters. The maximum atomic E-state index is 11.1. The van der Waals surface area contributed by atoms with Gasteiger partial charge in [0.25, 0.3) is 0 Å². The highest BCUT2D eigenvalue weighted by Gasteiger charge is 2.11. The molecule has 0 amide bonds. The van der Waals surface area contributed by atoms with Gasteiger partial charge in [0.15, 0.2) is 11.5 Å². The number of hydrogen-bond acceptors (Lipinski definition) is 4. The molecule has 2 rings (SSSR count). The van der Waals surface area contributed by atoms with Crippen LogP contribution in [0.4, 0.5) is 5.82 Å². The average Bonchev–Trinajstić information content (AvgIpc) is 2.45. The molecule has 2 aromatic rings. The minimum absolute atomic E-state index is 0.00699. The van der Waals surface area contributed by atoms with Crippen molar-refractivity contribution in [3.8, 4) is 11.4 Å². The van der Waals surface area contributed by atoms with Gasteiger partial charge in [0.2, 0.25) is 0 Å². The first-order chi connectivity index (χ1) is 9.20. The van der Waals surface area contributed by atoms with Gasteiger partial charge in [-0.15, -0.1) is 0 Å². The van der Waals surface area contributed by atoms with Gasteiger partial charge < -0.3 is 10.4 Å². The van der Waals surface area contributed by atoms with E-state index in [1.807, 2.05) is 37.3 Å². The van der Waals surface area contributed by atoms with Gasteiger partial charge in [0.05, 0.1) is 0 Å². The molecule has 5 heteroatoms. The van der Waals surface area contributed by atoms with Crippen molar-refractivity contribution >= 4 is 11.8 Å². The second kappa shape index (κ2) is 5.95. The van der Waals surface area contributed by atoms with Crippen molar-refractivity contribution in [1.29, 1.82) is 0 Å². The molecule has 0 aliphatic carbocycles. The molecule has 0 fully saturated rings. The van der Waals surface area contributed by atoms with Crippen LogP contribution in [-0.4, -0.2) is 27.6 Å². The zero-order valence-corrected chi connectivity index (χ0v) is 10.6. The summed E-state index contributed by atoms with van der Waals surface area (Å²) in [4.78, 5) is 19.5. The Kier molecular flexibility index (Phi) is 4.07. The number of nitrogens with one attached hydrogen (secondary N) is 1. The Morgan fingerprint density at radius 2 is 2.00 bits per heavy atom. The lowest BCUT2D eigenvalue weighted by Gasteiger charge is -2.07. The van der Waals surface area contributed by atoms with Crippen molar-refractivity contribution in [2.45, 2.75) is 13.3 Å². The van der Waals surface area contributed by atoms with E-state index >= 15 is 0 Å². The highest BCUT2D eigenvalue weighted by Crippen LogP contribution is 2.17. The van der Waals surface area contributed by atoms with Gasteiger partial charge in [0, 0.05) is 18.2 Å². The van der Waals surface area contributed by atoms with Crippen LogP contribution >= 0.6 is 0 Å². The Morgan fingerprint density at radius 3 is 2.63 bits per heavy atom. The van der Waals surface area contributed by atoms with Crippen molar-refractivity contribution in [3.63, 3.8) is 0 Å². The van der Waals surface area contributed by atoms with E-state index < -0.39 is 5.97 Å². The minimum atomic E-state index is -1.06. The van der Waals surface area contributed by atoms with E-state index in [9.17, 15) is 4.79 Å². The molecule has 0 bridgehead atoms. The van der Waals surface area contributed by atoms with Crippen molar-refractivity contribution in [1.82, 2.24) is 9.97 Å². The van der Waals surface area contributed by atoms with Crippen LogP contribution in [0.2, 0.25) is 0 Å². The number of benzene rings is 1. The molecular weight excluding hydrogens is 242 g/mol. The molecule has 0 saturated heterocycles. The monoisotopic (exact) mass is 257 g/mol. The predicted molar refractivity (Wildman–Crippen MR) is 73.2 cm³/mol. The summed E-state index contributed by atoms with van der Waals surface area (Å²) in [7, 11) is 0. The summed E-state index contributed by atoms with van der Waals surface area (Å²) in [5, 5.41) is 12.2. The third-order valence-electron chi connectivity index (χ3n) is 2.53. The molecule has 0 aliphatic rings. The highest BCUT2D eigenvalue weighted by atomic mass is 16.4. The van der Waals surface area contributed by atoms with Crippen LogP contribution in [0, 0.1) is 0 Å². The largest absolute Gasteiger partial charge is 0.477 e. The molecule has 0 spiro atoms. The van der Waals surface area contributed by atoms with Crippen molar-refractivity contribution in [2.24, 2.45) is 0 Å². The quantitative estimate of drug-likeness (QED) is 0.861. The van der Waals surface area contributed by atoms with Gasteiger partial charge in [0.1, 0.15) is 5.82 Å². The fraction of sp³-hybridized carbons (Fsp3) is 0.214. The zero-order chi connectivity index (χ0) is 13.7. The zero-order valence-electron chi connectivity index (χ0n) is 10.6. The number of carbonyl (C=O) groups is 1. The molecule has 98 valence electrons. The van der Waals surface area contributed by atoms with Crippen LogP contribution in [0.5, 0.6) is 0 Å². The van der Waals surface area contributed by atoms with Crippen LogP contribution in [0.3, 0.4) is 0 Å². The van der Waals surface area contributed by atoms with E-state index in [0.717, 1.165) is 18.5 Å². The van der Waals surface area contributed by atoms with Crippen LogP contribution in [-0.2, 0) is 0 Å². The van der Waals surface area contributed by atoms with Crippen LogP contribution in [0.1, 0.15) is 23.8 Å². The molecule has 0 saturated carbocycles. The Bertz CT molecular complexity index is 570. The fourth-order valence-electron chi connectivity index (χ4n) is 1.62. The van der Waals surface area contributed by atoms with Crippen LogP contribution in [0.15, 0.2) is 36.4 Å². The van der Waals surface area contributed by atoms with Crippen molar-refractivity contribution < 1.29 is 9.90 Å². The van der Waals surface area contributed by atoms with Gasteiger partial charge in [-0.1, -0.05) is 37.3 Å². The van der Waals surface area contributed by atoms with E-state index in [1.165, 1.54) is 6.07 Å². The number of aromatic carboxylic acids is 1. The Balaban J connectivity index is 2.42. The second-order valence-corrected chi connectivity index (χ2v) is 4.06. The van der Waals surface area contributed by atoms with E-state index in [-0.39, 0.29) is 5.69 Å². The molecule has 0 aliphatic heterocycles. The molecule has 1 aromatic carbocycles. The summed E-state index contributed by atoms with van der Waals surface area (Å²) in [6, 6.07) is 10.8. The Hall–Kier alpha value is -2.43. The van der Waals surface area contributed by atoms with Gasteiger partial charge in [-0.05, 0) is 6.42 Å². The lowest BCUT2D eigenvalue weighted by atomic mass is 10.2. The summed E-state index contributed by atoms with van der Waals surface area (Å²) in [5.74, 6) is -0.105. The first-order valence-corrected chi connectivity index (χ1v) is 6.12. The third-order valence-corrected chi connectivity index (χ3v) is 2.53. The summed E-state index contributed by atoms with van der Waals surface area (Å²) in [5.41, 5.74) is 0.789. The average molecular weight is 257 g/mol. The molecule has 1 heterocycles. The van der Waals surface area contributed by atoms with Crippen LogP contribution in [0.25, 0.3) is 11.4 Å². The fourth-order valence-corrected chi connectivity index (χ4v) is 1.62. The summed E-state index contributed by atoms with van der Waals surface area (Å²) < 4.78 is 0. The minimum Gasteiger partial charge on any atom is -0.477 e. The number of hydrogen-bond donors (Lipinski definition) is 2. The molecule has 0 radical (unpaired) electrons. The van der Waals surface area contributed by atoms with Crippen LogP contribution < -0.4 is 5.32 Å². The topological polar surface area (TPSA) is 75.1 Å². The normalized spacial score (nSPS) is 10.2. The standard InChI is InChI=1S/C14H15N3O2/c1-2-8-15-12-9-11(14(18)19)16-13(17-12)10-6-4-3-5-7-10/h3-7,9H,2,8H2,1H3,(H,18,19)(H,15,16,17). The van der Waals surface area contributed by atoms with E-state index in [4.69, 9.17) is 5.11 Å². The predicted octanol–water partition coefficient (Wildman–Crippen LogP) is 2.66. The SMILES string of the molecule is CCCNc1cc(C(=O)O)nc(-c2ccccc2)n1.